The van der Waals surface area contributed by atoms with Crippen molar-refractivity contribution in [1.29, 1.82) is 0 Å². The molecule has 0 aliphatic rings. The van der Waals surface area contributed by atoms with Crippen LogP contribution in [0.4, 0.5) is 0 Å². The molecule has 3 aromatic rings. The minimum absolute atomic E-state index is 0.250. The molecule has 0 atom stereocenters. The molecule has 0 fully saturated rings. The van der Waals surface area contributed by atoms with Crippen molar-refractivity contribution >= 4 is 28.0 Å². The van der Waals surface area contributed by atoms with Gasteiger partial charge in [-0.3, -0.25) is 14.6 Å². The second-order valence-electron chi connectivity index (χ2n) is 5.21. The number of fused-ring (bicyclic) bond motifs is 1. The van der Waals surface area contributed by atoms with Crippen molar-refractivity contribution in [3.8, 4) is 11.5 Å². The van der Waals surface area contributed by atoms with E-state index in [1.807, 2.05) is 6.07 Å². The topological polar surface area (TPSA) is 77.5 Å². The quantitative estimate of drug-likeness (QED) is 0.760. The summed E-state index contributed by atoms with van der Waals surface area (Å²) in [6.07, 6.45) is 3.35. The number of nitrogens with one attached hydrogen (secondary N) is 1. The number of aromatic nitrogens is 1. The van der Waals surface area contributed by atoms with Gasteiger partial charge in [-0.2, -0.15) is 0 Å². The summed E-state index contributed by atoms with van der Waals surface area (Å²) in [6.45, 7) is 0.345. The summed E-state index contributed by atoms with van der Waals surface area (Å²) in [4.78, 5) is 29.2. The number of nitrogens with zero attached hydrogens (tertiary/aromatic N) is 1. The van der Waals surface area contributed by atoms with Crippen LogP contribution in [0.3, 0.4) is 0 Å². The largest absolute Gasteiger partial charge is 0.493 e. The number of methoxy groups -OCH3 is 2. The lowest BCUT2D eigenvalue weighted by Gasteiger charge is -2.10. The van der Waals surface area contributed by atoms with E-state index in [1.54, 1.807) is 36.7 Å². The first-order valence-corrected chi connectivity index (χ1v) is 8.31. The fraction of sp³-hybridized carbons (Fsp3) is 0.167. The number of carbonyl (C=O) groups is 1. The van der Waals surface area contributed by atoms with E-state index in [9.17, 15) is 9.59 Å². The van der Waals surface area contributed by atoms with Crippen molar-refractivity contribution < 1.29 is 14.3 Å². The molecule has 0 aliphatic heterocycles. The van der Waals surface area contributed by atoms with Crippen LogP contribution >= 0.6 is 11.3 Å². The van der Waals surface area contributed by atoms with E-state index in [2.05, 4.69) is 10.3 Å². The first kappa shape index (κ1) is 16.9. The van der Waals surface area contributed by atoms with E-state index in [1.165, 1.54) is 14.2 Å². The molecule has 2 heterocycles. The van der Waals surface area contributed by atoms with Gasteiger partial charge in [0.2, 0.25) is 4.74 Å². The molecule has 0 unspecified atom stereocenters. The zero-order chi connectivity index (χ0) is 17.8. The summed E-state index contributed by atoms with van der Waals surface area (Å²) < 4.78 is 10.3. The van der Waals surface area contributed by atoms with Crippen LogP contribution in [0.1, 0.15) is 15.2 Å². The molecule has 1 N–H and O–H groups in total. The average Bonchev–Trinajstić information content (AvgIpc) is 2.65. The molecule has 0 spiro atoms. The van der Waals surface area contributed by atoms with Crippen molar-refractivity contribution in [3.63, 3.8) is 0 Å². The van der Waals surface area contributed by atoms with Gasteiger partial charge in [-0.25, -0.2) is 0 Å². The number of ether oxygens (including phenoxy) is 2. The SMILES string of the molecule is COc1ccc2cc(C(=O)NCc3cccnc3)sc(=O)c2c1OC. The van der Waals surface area contributed by atoms with Crippen molar-refractivity contribution in [2.24, 2.45) is 0 Å². The Labute approximate surface area is 148 Å². The number of rotatable bonds is 5. The molecule has 2 aromatic heterocycles. The maximum atomic E-state index is 12.5. The monoisotopic (exact) mass is 356 g/mol. The van der Waals surface area contributed by atoms with Crippen molar-refractivity contribution in [2.75, 3.05) is 14.2 Å². The molecule has 0 bridgehead atoms. The summed E-state index contributed by atoms with van der Waals surface area (Å²) in [6, 6.07) is 8.80. The lowest BCUT2D eigenvalue weighted by molar-refractivity contribution is 0.0955. The third-order valence-corrected chi connectivity index (χ3v) is 4.58. The molecule has 7 heteroatoms. The summed E-state index contributed by atoms with van der Waals surface area (Å²) in [5.74, 6) is 0.555. The summed E-state index contributed by atoms with van der Waals surface area (Å²) in [7, 11) is 2.99. The molecule has 6 nitrogen and oxygen atoms in total. The van der Waals surface area contributed by atoms with Crippen molar-refractivity contribution in [3.05, 3.63) is 62.7 Å². The molecule has 0 saturated heterocycles. The number of carbonyl (C=O) groups excluding carboxylic acids is 1. The number of benzene rings is 1. The number of pyridine rings is 1. The molecule has 1 amide bonds. The second-order valence-corrected chi connectivity index (χ2v) is 6.22. The van der Waals surface area contributed by atoms with Crippen LogP contribution in [-0.2, 0) is 6.54 Å². The van der Waals surface area contributed by atoms with Gasteiger partial charge >= 0.3 is 0 Å². The van der Waals surface area contributed by atoms with Crippen molar-refractivity contribution in [2.45, 2.75) is 6.54 Å². The zero-order valence-electron chi connectivity index (χ0n) is 13.7. The minimum atomic E-state index is -0.303. The van der Waals surface area contributed by atoms with Gasteiger partial charge in [0.1, 0.15) is 0 Å². The minimum Gasteiger partial charge on any atom is -0.493 e. The van der Waals surface area contributed by atoms with Gasteiger partial charge in [-0.15, -0.1) is 0 Å². The standard InChI is InChI=1S/C18H16N2O4S/c1-23-13-6-5-12-8-14(25-18(22)15(12)16(13)24-2)17(21)20-10-11-4-3-7-19-9-11/h3-9H,10H2,1-2H3,(H,20,21). The van der Waals surface area contributed by atoms with E-state index < -0.39 is 0 Å². The van der Waals surface area contributed by atoms with Crippen LogP contribution in [-0.4, -0.2) is 25.1 Å². The van der Waals surface area contributed by atoms with Crippen LogP contribution in [0, 0.1) is 0 Å². The predicted octanol–water partition coefficient (Wildman–Crippen LogP) is 2.60. The Balaban J connectivity index is 1.93. The highest BCUT2D eigenvalue weighted by Gasteiger charge is 2.16. The Morgan fingerprint density at radius 3 is 2.76 bits per heavy atom. The lowest BCUT2D eigenvalue weighted by atomic mass is 10.1. The fourth-order valence-corrected chi connectivity index (χ4v) is 3.34. The number of hydrogen-bond acceptors (Lipinski definition) is 6. The smallest absolute Gasteiger partial charge is 0.261 e. The Morgan fingerprint density at radius 1 is 1.24 bits per heavy atom. The third kappa shape index (κ3) is 3.46. The zero-order valence-corrected chi connectivity index (χ0v) is 14.6. The van der Waals surface area contributed by atoms with E-state index in [4.69, 9.17) is 9.47 Å². The highest BCUT2D eigenvalue weighted by atomic mass is 32.1. The fourth-order valence-electron chi connectivity index (χ4n) is 2.48. The van der Waals surface area contributed by atoms with E-state index in [0.717, 1.165) is 16.9 Å². The summed E-state index contributed by atoms with van der Waals surface area (Å²) in [5.41, 5.74) is 0.885. The molecular weight excluding hydrogens is 340 g/mol. The Kier molecular flexibility index (Phi) is 4.95. The number of hydrogen-bond donors (Lipinski definition) is 1. The van der Waals surface area contributed by atoms with Crippen LogP contribution < -0.4 is 19.5 Å². The van der Waals surface area contributed by atoms with Crippen LogP contribution in [0.25, 0.3) is 10.8 Å². The Bertz CT molecular complexity index is 970. The Hall–Kier alpha value is -2.93. The summed E-state index contributed by atoms with van der Waals surface area (Å²) >= 11 is 0.880. The highest BCUT2D eigenvalue weighted by molar-refractivity contribution is 7.12. The van der Waals surface area contributed by atoms with Crippen molar-refractivity contribution in [1.82, 2.24) is 10.3 Å². The molecule has 0 radical (unpaired) electrons. The Morgan fingerprint density at radius 2 is 2.08 bits per heavy atom. The first-order valence-electron chi connectivity index (χ1n) is 7.50. The van der Waals surface area contributed by atoms with Gasteiger partial charge < -0.3 is 14.8 Å². The molecule has 25 heavy (non-hydrogen) atoms. The molecular formula is C18H16N2O4S. The molecule has 128 valence electrons. The van der Waals surface area contributed by atoms with E-state index in [0.29, 0.717) is 33.7 Å². The van der Waals surface area contributed by atoms with Gasteiger partial charge in [-0.1, -0.05) is 23.5 Å². The van der Waals surface area contributed by atoms with Gasteiger partial charge in [0.25, 0.3) is 5.91 Å². The lowest BCUT2D eigenvalue weighted by Crippen LogP contribution is -2.23. The number of amides is 1. The normalized spacial score (nSPS) is 10.5. The second kappa shape index (κ2) is 7.31. The van der Waals surface area contributed by atoms with E-state index in [-0.39, 0.29) is 10.6 Å². The molecule has 0 saturated carbocycles. The van der Waals surface area contributed by atoms with Gasteiger partial charge in [0.15, 0.2) is 11.5 Å². The first-order chi connectivity index (χ1) is 12.1. The van der Waals surface area contributed by atoms with Crippen LogP contribution in [0.15, 0.2) is 47.5 Å². The molecule has 0 aliphatic carbocycles. The van der Waals surface area contributed by atoms with Crippen LogP contribution in [0.5, 0.6) is 11.5 Å². The van der Waals surface area contributed by atoms with E-state index >= 15 is 0 Å². The predicted molar refractivity (Wildman–Crippen MR) is 96.6 cm³/mol. The molecule has 3 rings (SSSR count). The third-order valence-electron chi connectivity index (χ3n) is 3.67. The maximum absolute atomic E-state index is 12.5. The molecule has 1 aromatic carbocycles. The van der Waals surface area contributed by atoms with Gasteiger partial charge in [0, 0.05) is 18.9 Å². The summed E-state index contributed by atoms with van der Waals surface area (Å²) in [5, 5.41) is 3.84. The van der Waals surface area contributed by atoms with Crippen LogP contribution in [0.2, 0.25) is 0 Å². The van der Waals surface area contributed by atoms with Gasteiger partial charge in [0.05, 0.1) is 24.5 Å². The maximum Gasteiger partial charge on any atom is 0.261 e. The average molecular weight is 356 g/mol. The highest BCUT2D eigenvalue weighted by Crippen LogP contribution is 2.34. The van der Waals surface area contributed by atoms with Gasteiger partial charge in [-0.05, 0) is 29.1 Å².